The van der Waals surface area contributed by atoms with Crippen LogP contribution in [0.1, 0.15) is 31.9 Å². The largest absolute Gasteiger partial charge is 0.394 e. The van der Waals surface area contributed by atoms with E-state index in [4.69, 9.17) is 0 Å². The molecule has 1 aliphatic rings. The summed E-state index contributed by atoms with van der Waals surface area (Å²) in [6, 6.07) is 6.06. The molecule has 1 saturated carbocycles. The Bertz CT molecular complexity index is 408. The van der Waals surface area contributed by atoms with E-state index in [-0.39, 0.29) is 12.1 Å². The summed E-state index contributed by atoms with van der Waals surface area (Å²) in [5, 5.41) is 13.6. The van der Waals surface area contributed by atoms with E-state index in [1.165, 1.54) is 12.8 Å². The number of aromatic nitrogens is 1. The zero-order chi connectivity index (χ0) is 15.1. The van der Waals surface area contributed by atoms with Gasteiger partial charge in [-0.05, 0) is 50.9 Å². The Morgan fingerprint density at radius 2 is 2.24 bits per heavy atom. The van der Waals surface area contributed by atoms with Crippen LogP contribution in [0.4, 0.5) is 0 Å². The van der Waals surface area contributed by atoms with Gasteiger partial charge in [0.25, 0.3) is 0 Å². The molecular weight excluding hydrogens is 262 g/mol. The first-order chi connectivity index (χ1) is 10.2. The van der Waals surface area contributed by atoms with Crippen molar-refractivity contribution in [2.45, 2.75) is 38.1 Å². The van der Waals surface area contributed by atoms with E-state index in [2.05, 4.69) is 35.2 Å². The maximum Gasteiger partial charge on any atom is 0.0628 e. The second kappa shape index (κ2) is 7.87. The molecule has 1 unspecified atom stereocenters. The second-order valence-corrected chi connectivity index (χ2v) is 6.32. The lowest BCUT2D eigenvalue weighted by Crippen LogP contribution is -2.57. The number of likely N-dealkylation sites (N-methyl/N-ethyl adjacent to an activating group) is 1. The molecule has 2 rings (SSSR count). The summed E-state index contributed by atoms with van der Waals surface area (Å²) in [5.41, 5.74) is 1.02. The molecule has 1 aliphatic carbocycles. The highest BCUT2D eigenvalue weighted by atomic mass is 16.3. The van der Waals surface area contributed by atoms with Crippen LogP contribution in [0.3, 0.4) is 0 Å². The molecule has 0 aliphatic heterocycles. The Hall–Kier alpha value is -0.970. The van der Waals surface area contributed by atoms with Crippen LogP contribution in [0.2, 0.25) is 0 Å². The van der Waals surface area contributed by atoms with Crippen molar-refractivity contribution in [3.05, 3.63) is 30.1 Å². The average Bonchev–Trinajstić information content (AvgIpc) is 3.36. The van der Waals surface area contributed by atoms with Crippen LogP contribution >= 0.6 is 0 Å². The van der Waals surface area contributed by atoms with Gasteiger partial charge in [-0.25, -0.2) is 0 Å². The molecule has 1 fully saturated rings. The van der Waals surface area contributed by atoms with E-state index in [9.17, 15) is 5.11 Å². The van der Waals surface area contributed by atoms with Crippen molar-refractivity contribution in [2.24, 2.45) is 5.92 Å². The minimum absolute atomic E-state index is 0.116. The van der Waals surface area contributed by atoms with Crippen LogP contribution in [-0.2, 0) is 6.42 Å². The number of rotatable bonds is 10. The van der Waals surface area contributed by atoms with Crippen molar-refractivity contribution < 1.29 is 5.11 Å². The highest BCUT2D eigenvalue weighted by Gasteiger charge is 2.44. The molecule has 4 nitrogen and oxygen atoms in total. The van der Waals surface area contributed by atoms with E-state index in [0.29, 0.717) is 5.92 Å². The molecule has 1 atom stereocenters. The standard InChI is InChI=1S/C17H29N3O/c1-3-10-19-17(14-21,15-7-8-15)13-20(2)12-9-16-6-4-5-11-18-16/h4-6,11,15,19,21H,3,7-10,12-14H2,1-2H3. The fourth-order valence-electron chi connectivity index (χ4n) is 2.99. The van der Waals surface area contributed by atoms with Crippen molar-refractivity contribution in [1.82, 2.24) is 15.2 Å². The molecule has 0 radical (unpaired) electrons. The molecule has 0 saturated heterocycles. The number of pyridine rings is 1. The van der Waals surface area contributed by atoms with Crippen LogP contribution in [-0.4, -0.2) is 53.8 Å². The van der Waals surface area contributed by atoms with Gasteiger partial charge in [-0.3, -0.25) is 4.98 Å². The van der Waals surface area contributed by atoms with Crippen LogP contribution in [0.25, 0.3) is 0 Å². The molecule has 0 aromatic carbocycles. The Kier molecular flexibility index (Phi) is 6.15. The molecule has 4 heteroatoms. The zero-order valence-corrected chi connectivity index (χ0v) is 13.4. The highest BCUT2D eigenvalue weighted by Crippen LogP contribution is 2.40. The van der Waals surface area contributed by atoms with Gasteiger partial charge in [0.05, 0.1) is 12.1 Å². The Labute approximate surface area is 128 Å². The van der Waals surface area contributed by atoms with E-state index >= 15 is 0 Å². The monoisotopic (exact) mass is 291 g/mol. The number of nitrogens with one attached hydrogen (secondary N) is 1. The van der Waals surface area contributed by atoms with Gasteiger partial charge in [0.1, 0.15) is 0 Å². The first-order valence-electron chi connectivity index (χ1n) is 8.14. The van der Waals surface area contributed by atoms with Gasteiger partial charge in [-0.2, -0.15) is 0 Å². The molecule has 1 aromatic heterocycles. The summed E-state index contributed by atoms with van der Waals surface area (Å²) in [5.74, 6) is 0.631. The first-order valence-corrected chi connectivity index (χ1v) is 8.14. The third-order valence-corrected chi connectivity index (χ3v) is 4.40. The lowest BCUT2D eigenvalue weighted by molar-refractivity contribution is 0.101. The summed E-state index contributed by atoms with van der Waals surface area (Å²) < 4.78 is 0. The minimum atomic E-state index is -0.116. The third-order valence-electron chi connectivity index (χ3n) is 4.40. The molecule has 2 N–H and O–H groups in total. The molecule has 21 heavy (non-hydrogen) atoms. The van der Waals surface area contributed by atoms with Gasteiger partial charge in [0.15, 0.2) is 0 Å². The van der Waals surface area contributed by atoms with E-state index in [1.807, 2.05) is 18.3 Å². The fraction of sp³-hybridized carbons (Fsp3) is 0.706. The lowest BCUT2D eigenvalue weighted by atomic mass is 9.93. The minimum Gasteiger partial charge on any atom is -0.394 e. The van der Waals surface area contributed by atoms with Gasteiger partial charge in [0.2, 0.25) is 0 Å². The number of aliphatic hydroxyl groups excluding tert-OH is 1. The van der Waals surface area contributed by atoms with Crippen LogP contribution in [0.5, 0.6) is 0 Å². The molecule has 1 aromatic rings. The number of aliphatic hydroxyl groups is 1. The van der Waals surface area contributed by atoms with E-state index < -0.39 is 0 Å². The van der Waals surface area contributed by atoms with Crippen molar-refractivity contribution in [3.63, 3.8) is 0 Å². The summed E-state index contributed by atoms with van der Waals surface area (Å²) in [7, 11) is 2.14. The molecule has 1 heterocycles. The SMILES string of the molecule is CCCNC(CO)(CN(C)CCc1ccccn1)C1CC1. The molecule has 0 spiro atoms. The molecule has 0 amide bonds. The summed E-state index contributed by atoms with van der Waals surface area (Å²) in [6.45, 7) is 5.25. The molecular formula is C17H29N3O. The predicted molar refractivity (Wildman–Crippen MR) is 86.3 cm³/mol. The Morgan fingerprint density at radius 1 is 1.43 bits per heavy atom. The summed E-state index contributed by atoms with van der Waals surface area (Å²) in [4.78, 5) is 6.70. The quantitative estimate of drug-likeness (QED) is 0.689. The van der Waals surface area contributed by atoms with Crippen LogP contribution in [0, 0.1) is 5.92 Å². The van der Waals surface area contributed by atoms with E-state index in [1.54, 1.807) is 0 Å². The van der Waals surface area contributed by atoms with Gasteiger partial charge in [0, 0.05) is 31.4 Å². The molecule has 118 valence electrons. The number of hydrogen-bond acceptors (Lipinski definition) is 4. The van der Waals surface area contributed by atoms with Crippen LogP contribution < -0.4 is 5.32 Å². The fourth-order valence-corrected chi connectivity index (χ4v) is 2.99. The summed E-state index contributed by atoms with van der Waals surface area (Å²) in [6.07, 6.45) is 6.39. The van der Waals surface area contributed by atoms with Gasteiger partial charge >= 0.3 is 0 Å². The maximum absolute atomic E-state index is 9.95. The predicted octanol–water partition coefficient (Wildman–Crippen LogP) is 1.70. The first kappa shape index (κ1) is 16.4. The van der Waals surface area contributed by atoms with Gasteiger partial charge in [-0.1, -0.05) is 13.0 Å². The maximum atomic E-state index is 9.95. The van der Waals surface area contributed by atoms with Gasteiger partial charge < -0.3 is 15.3 Å². The lowest BCUT2D eigenvalue weighted by Gasteiger charge is -2.37. The Balaban J connectivity index is 1.87. The smallest absolute Gasteiger partial charge is 0.0628 e. The van der Waals surface area contributed by atoms with Crippen LogP contribution in [0.15, 0.2) is 24.4 Å². The normalized spacial score (nSPS) is 17.9. The van der Waals surface area contributed by atoms with E-state index in [0.717, 1.165) is 38.2 Å². The van der Waals surface area contributed by atoms with Crippen molar-refractivity contribution in [1.29, 1.82) is 0 Å². The number of hydrogen-bond donors (Lipinski definition) is 2. The van der Waals surface area contributed by atoms with Crippen molar-refractivity contribution in [3.8, 4) is 0 Å². The van der Waals surface area contributed by atoms with Crippen molar-refractivity contribution >= 4 is 0 Å². The highest BCUT2D eigenvalue weighted by molar-refractivity contribution is 5.05. The average molecular weight is 291 g/mol. The molecule has 0 bridgehead atoms. The van der Waals surface area contributed by atoms with Gasteiger partial charge in [-0.15, -0.1) is 0 Å². The summed E-state index contributed by atoms with van der Waals surface area (Å²) >= 11 is 0. The zero-order valence-electron chi connectivity index (χ0n) is 13.4. The topological polar surface area (TPSA) is 48.4 Å². The third kappa shape index (κ3) is 4.77. The number of nitrogens with zero attached hydrogens (tertiary/aromatic N) is 2. The van der Waals surface area contributed by atoms with Crippen molar-refractivity contribution in [2.75, 3.05) is 33.3 Å². The Morgan fingerprint density at radius 3 is 2.81 bits per heavy atom. The second-order valence-electron chi connectivity index (χ2n) is 6.32.